The van der Waals surface area contributed by atoms with Gasteiger partial charge in [0.1, 0.15) is 22.9 Å². The number of hydrogen-bond acceptors (Lipinski definition) is 5. The Balaban J connectivity index is 2.38. The molecule has 5 nitrogen and oxygen atoms in total. The first kappa shape index (κ1) is 14.7. The van der Waals surface area contributed by atoms with Crippen LogP contribution in [0.4, 0.5) is 17.1 Å². The lowest BCUT2D eigenvalue weighted by Crippen LogP contribution is -1.87. The van der Waals surface area contributed by atoms with Crippen LogP contribution in [0.15, 0.2) is 51.6 Å². The first-order chi connectivity index (χ1) is 10.2. The Morgan fingerprint density at radius 1 is 0.857 bits per heavy atom. The lowest BCUT2D eigenvalue weighted by Gasteiger charge is -2.09. The lowest BCUT2D eigenvalue weighted by molar-refractivity contribution is 0.405. The van der Waals surface area contributed by atoms with E-state index in [1.807, 2.05) is 31.2 Å². The summed E-state index contributed by atoms with van der Waals surface area (Å²) in [5, 5.41) is 8.42. The van der Waals surface area contributed by atoms with Crippen molar-refractivity contribution in [2.75, 3.05) is 14.2 Å². The number of hydrogen-bond donors (Lipinski definition) is 0. The van der Waals surface area contributed by atoms with Crippen molar-refractivity contribution in [3.05, 3.63) is 42.0 Å². The molecule has 2 aromatic carbocycles. The van der Waals surface area contributed by atoms with Gasteiger partial charge in [0.15, 0.2) is 0 Å². The number of aryl methyl sites for hydroxylation is 1. The first-order valence-corrected chi connectivity index (χ1v) is 6.39. The highest BCUT2D eigenvalue weighted by molar-refractivity contribution is 5.68. The molecule has 5 heteroatoms. The van der Waals surface area contributed by atoms with Crippen molar-refractivity contribution >= 4 is 23.8 Å². The Labute approximate surface area is 124 Å². The summed E-state index contributed by atoms with van der Waals surface area (Å²) in [5.74, 6) is 1.14. The molecule has 0 spiro atoms. The predicted molar refractivity (Wildman–Crippen MR) is 84.1 cm³/mol. The average Bonchev–Trinajstić information content (AvgIpc) is 2.53. The maximum absolute atomic E-state index is 5.30. The fourth-order valence-corrected chi connectivity index (χ4v) is 1.79. The molecule has 0 saturated carbocycles. The molecule has 0 bridgehead atoms. The average molecular weight is 283 g/mol. The van der Waals surface area contributed by atoms with Gasteiger partial charge in [-0.25, -0.2) is 0 Å². The van der Waals surface area contributed by atoms with Crippen LogP contribution in [-0.4, -0.2) is 20.9 Å². The molecule has 0 aliphatic heterocycles. The molecule has 0 aromatic heterocycles. The Kier molecular flexibility index (Phi) is 4.66. The van der Waals surface area contributed by atoms with E-state index in [2.05, 4.69) is 21.9 Å². The monoisotopic (exact) mass is 283 g/mol. The molecule has 0 aliphatic rings. The van der Waals surface area contributed by atoms with Crippen molar-refractivity contribution in [1.82, 2.24) is 0 Å². The van der Waals surface area contributed by atoms with E-state index in [4.69, 9.17) is 9.47 Å². The first-order valence-electron chi connectivity index (χ1n) is 6.39. The lowest BCUT2D eigenvalue weighted by atomic mass is 10.2. The second-order valence-corrected chi connectivity index (χ2v) is 4.39. The molecule has 0 radical (unpaired) electrons. The minimum atomic E-state index is 0.564. The quantitative estimate of drug-likeness (QED) is 0.586. The summed E-state index contributed by atoms with van der Waals surface area (Å²) in [6.07, 6.45) is 0. The molecule has 0 unspecified atom stereocenters. The summed E-state index contributed by atoms with van der Waals surface area (Å²) < 4.78 is 10.6. The van der Waals surface area contributed by atoms with Crippen molar-refractivity contribution in [2.24, 2.45) is 15.2 Å². The number of ether oxygens (including phenoxy) is 2. The molecule has 2 aromatic rings. The molecule has 0 heterocycles. The Bertz CT molecular complexity index is 664. The molecule has 21 heavy (non-hydrogen) atoms. The SMILES string of the molecule is C=Nc1cc(OC)c(N=Nc2ccc(C)cc2)cc1OC. The third-order valence-corrected chi connectivity index (χ3v) is 2.96. The molecule has 2 rings (SSSR count). The zero-order valence-electron chi connectivity index (χ0n) is 12.3. The highest BCUT2D eigenvalue weighted by Crippen LogP contribution is 2.39. The number of benzene rings is 2. The second kappa shape index (κ2) is 6.65. The Morgan fingerprint density at radius 3 is 2.00 bits per heavy atom. The van der Waals surface area contributed by atoms with Gasteiger partial charge < -0.3 is 9.47 Å². The van der Waals surface area contributed by atoms with Crippen LogP contribution < -0.4 is 9.47 Å². The topological polar surface area (TPSA) is 55.5 Å². The summed E-state index contributed by atoms with van der Waals surface area (Å²) in [5.41, 5.74) is 3.12. The van der Waals surface area contributed by atoms with Gasteiger partial charge in [0.2, 0.25) is 0 Å². The van der Waals surface area contributed by atoms with Gasteiger partial charge in [0, 0.05) is 12.1 Å². The van der Waals surface area contributed by atoms with Gasteiger partial charge in [-0.2, -0.15) is 5.11 Å². The fourth-order valence-electron chi connectivity index (χ4n) is 1.79. The van der Waals surface area contributed by atoms with E-state index in [-0.39, 0.29) is 0 Å². The highest BCUT2D eigenvalue weighted by atomic mass is 16.5. The van der Waals surface area contributed by atoms with Crippen LogP contribution in [-0.2, 0) is 0 Å². The summed E-state index contributed by atoms with van der Waals surface area (Å²) in [7, 11) is 3.14. The third kappa shape index (κ3) is 3.45. The highest BCUT2D eigenvalue weighted by Gasteiger charge is 2.10. The zero-order chi connectivity index (χ0) is 15.2. The van der Waals surface area contributed by atoms with Crippen LogP contribution in [0.3, 0.4) is 0 Å². The zero-order valence-corrected chi connectivity index (χ0v) is 12.3. The van der Waals surface area contributed by atoms with Crippen LogP contribution in [0.1, 0.15) is 5.56 Å². The summed E-state index contributed by atoms with van der Waals surface area (Å²) in [6.45, 7) is 5.53. The van der Waals surface area contributed by atoms with E-state index >= 15 is 0 Å². The van der Waals surface area contributed by atoms with E-state index in [9.17, 15) is 0 Å². The molecule has 0 amide bonds. The molecule has 0 saturated heterocycles. The number of aliphatic imine (C=N–C) groups is 1. The smallest absolute Gasteiger partial charge is 0.148 e. The Morgan fingerprint density at radius 2 is 1.43 bits per heavy atom. The number of rotatable bonds is 5. The van der Waals surface area contributed by atoms with Crippen LogP contribution in [0.5, 0.6) is 11.5 Å². The minimum absolute atomic E-state index is 0.564. The van der Waals surface area contributed by atoms with Gasteiger partial charge in [-0.3, -0.25) is 4.99 Å². The molecule has 0 fully saturated rings. The van der Waals surface area contributed by atoms with E-state index < -0.39 is 0 Å². The summed E-state index contributed by atoms with van der Waals surface area (Å²) in [6, 6.07) is 11.2. The van der Waals surface area contributed by atoms with Crippen molar-refractivity contribution in [3.63, 3.8) is 0 Å². The Hall–Kier alpha value is -2.69. The van der Waals surface area contributed by atoms with E-state index in [1.165, 1.54) is 5.56 Å². The van der Waals surface area contributed by atoms with E-state index in [0.717, 1.165) is 5.69 Å². The molecular formula is C16H17N3O2. The van der Waals surface area contributed by atoms with Crippen LogP contribution in [0.25, 0.3) is 0 Å². The van der Waals surface area contributed by atoms with Gasteiger partial charge in [-0.15, -0.1) is 5.11 Å². The summed E-state index contributed by atoms with van der Waals surface area (Å²) >= 11 is 0. The van der Waals surface area contributed by atoms with Crippen LogP contribution in [0, 0.1) is 6.92 Å². The van der Waals surface area contributed by atoms with Gasteiger partial charge in [0.05, 0.1) is 19.9 Å². The largest absolute Gasteiger partial charge is 0.494 e. The molecule has 108 valence electrons. The standard InChI is InChI=1S/C16H17N3O2/c1-11-5-7-12(8-6-11)18-19-14-10-15(20-3)13(17-2)9-16(14)21-4/h5-10H,2H2,1,3-4H3. The normalized spacial score (nSPS) is 10.6. The molecule has 0 aliphatic carbocycles. The van der Waals surface area contributed by atoms with Crippen molar-refractivity contribution < 1.29 is 9.47 Å². The van der Waals surface area contributed by atoms with Crippen LogP contribution >= 0.6 is 0 Å². The number of azo groups is 1. The van der Waals surface area contributed by atoms with Crippen molar-refractivity contribution in [1.29, 1.82) is 0 Å². The third-order valence-electron chi connectivity index (χ3n) is 2.96. The second-order valence-electron chi connectivity index (χ2n) is 4.39. The van der Waals surface area contributed by atoms with Gasteiger partial charge >= 0.3 is 0 Å². The molecular weight excluding hydrogens is 266 g/mol. The number of nitrogens with zero attached hydrogens (tertiary/aromatic N) is 3. The van der Waals surface area contributed by atoms with Gasteiger partial charge in [-0.1, -0.05) is 17.7 Å². The minimum Gasteiger partial charge on any atom is -0.494 e. The molecule has 0 N–H and O–H groups in total. The van der Waals surface area contributed by atoms with E-state index in [0.29, 0.717) is 22.9 Å². The molecule has 0 atom stereocenters. The van der Waals surface area contributed by atoms with Gasteiger partial charge in [-0.05, 0) is 25.8 Å². The maximum atomic E-state index is 5.30. The summed E-state index contributed by atoms with van der Waals surface area (Å²) in [4.78, 5) is 3.89. The fraction of sp³-hybridized carbons (Fsp3) is 0.188. The van der Waals surface area contributed by atoms with Crippen molar-refractivity contribution in [2.45, 2.75) is 6.92 Å². The van der Waals surface area contributed by atoms with Crippen LogP contribution in [0.2, 0.25) is 0 Å². The van der Waals surface area contributed by atoms with Gasteiger partial charge in [0.25, 0.3) is 0 Å². The number of methoxy groups -OCH3 is 2. The maximum Gasteiger partial charge on any atom is 0.148 e. The predicted octanol–water partition coefficient (Wildman–Crippen LogP) is 4.76. The van der Waals surface area contributed by atoms with Crippen molar-refractivity contribution in [3.8, 4) is 11.5 Å². The van der Waals surface area contributed by atoms with E-state index in [1.54, 1.807) is 26.4 Å².